The van der Waals surface area contributed by atoms with Crippen LogP contribution in [0, 0.1) is 5.41 Å². The zero-order valence-electron chi connectivity index (χ0n) is 13.3. The molecule has 0 bridgehead atoms. The number of Topliss-reactive ketones (excluding diaryl/α,β-unsaturated/α-hetero) is 1. The first-order valence-electron chi connectivity index (χ1n) is 6.98. The highest BCUT2D eigenvalue weighted by molar-refractivity contribution is 5.93. The van der Waals surface area contributed by atoms with Crippen LogP contribution in [0.15, 0.2) is 24.3 Å². The van der Waals surface area contributed by atoms with Gasteiger partial charge < -0.3 is 9.47 Å². The van der Waals surface area contributed by atoms with Crippen LogP contribution in [0.1, 0.15) is 38.1 Å². The molecule has 0 unspecified atom stereocenters. The third kappa shape index (κ3) is 5.55. The minimum absolute atomic E-state index is 0.151. The lowest BCUT2D eigenvalue weighted by atomic mass is 9.91. The minimum Gasteiger partial charge on any atom is -0.454 e. The number of nitrogens with one attached hydrogen (secondary N) is 1. The zero-order valence-corrected chi connectivity index (χ0v) is 13.3. The van der Waals surface area contributed by atoms with Crippen LogP contribution in [0.25, 0.3) is 0 Å². The number of anilines is 1. The maximum Gasteiger partial charge on any atom is 0.411 e. The number of esters is 1. The van der Waals surface area contributed by atoms with Gasteiger partial charge in [-0.25, -0.2) is 9.59 Å². The normalized spacial score (nSPS) is 10.7. The van der Waals surface area contributed by atoms with Crippen LogP contribution in [-0.2, 0) is 14.3 Å². The lowest BCUT2D eigenvalue weighted by Gasteiger charge is -2.16. The highest BCUT2D eigenvalue weighted by atomic mass is 16.5. The Balaban J connectivity index is 2.57. The molecule has 0 radical (unpaired) electrons. The summed E-state index contributed by atoms with van der Waals surface area (Å²) < 4.78 is 9.72. The van der Waals surface area contributed by atoms with Gasteiger partial charge in [-0.2, -0.15) is 0 Å². The number of hydrogen-bond donors (Lipinski definition) is 1. The van der Waals surface area contributed by atoms with E-state index in [9.17, 15) is 14.4 Å². The summed E-state index contributed by atoms with van der Waals surface area (Å²) in [4.78, 5) is 34.8. The van der Waals surface area contributed by atoms with Crippen molar-refractivity contribution in [1.29, 1.82) is 0 Å². The third-order valence-electron chi connectivity index (χ3n) is 2.81. The van der Waals surface area contributed by atoms with Crippen molar-refractivity contribution >= 4 is 23.5 Å². The molecular weight excluding hydrogens is 286 g/mol. The smallest absolute Gasteiger partial charge is 0.411 e. The molecule has 1 aromatic carbocycles. The van der Waals surface area contributed by atoms with Crippen molar-refractivity contribution in [3.63, 3.8) is 0 Å². The number of hydrogen-bond acceptors (Lipinski definition) is 5. The van der Waals surface area contributed by atoms with Crippen LogP contribution in [0.5, 0.6) is 0 Å². The Kier molecular flexibility index (Phi) is 6.10. The predicted molar refractivity (Wildman–Crippen MR) is 81.8 cm³/mol. The second-order valence-corrected chi connectivity index (χ2v) is 5.67. The SMILES string of the molecule is CCOC(=O)Nc1ccc(C(=O)OCC(=O)C(C)(C)C)cc1. The van der Waals surface area contributed by atoms with Gasteiger partial charge in [0.1, 0.15) is 0 Å². The standard InChI is InChI=1S/C16H21NO5/c1-5-21-15(20)17-12-8-6-11(7-9-12)14(19)22-10-13(18)16(2,3)4/h6-9H,5,10H2,1-4H3,(H,17,20). The van der Waals surface area contributed by atoms with Crippen LogP contribution in [0.3, 0.4) is 0 Å². The van der Waals surface area contributed by atoms with Crippen molar-refractivity contribution in [3.8, 4) is 0 Å². The summed E-state index contributed by atoms with van der Waals surface area (Å²) in [7, 11) is 0. The molecule has 0 aliphatic heterocycles. The second-order valence-electron chi connectivity index (χ2n) is 5.67. The number of carbonyl (C=O) groups excluding carboxylic acids is 3. The highest BCUT2D eigenvalue weighted by Gasteiger charge is 2.22. The van der Waals surface area contributed by atoms with Gasteiger partial charge in [-0.15, -0.1) is 0 Å². The van der Waals surface area contributed by atoms with Gasteiger partial charge in [-0.05, 0) is 31.2 Å². The van der Waals surface area contributed by atoms with E-state index >= 15 is 0 Å². The van der Waals surface area contributed by atoms with Gasteiger partial charge in [0.25, 0.3) is 0 Å². The first kappa shape index (κ1) is 17.7. The molecule has 120 valence electrons. The van der Waals surface area contributed by atoms with E-state index in [2.05, 4.69) is 5.32 Å². The Morgan fingerprint density at radius 1 is 1.05 bits per heavy atom. The number of benzene rings is 1. The highest BCUT2D eigenvalue weighted by Crippen LogP contribution is 2.15. The van der Waals surface area contributed by atoms with E-state index in [1.54, 1.807) is 39.8 Å². The molecule has 0 fully saturated rings. The van der Waals surface area contributed by atoms with E-state index in [0.717, 1.165) is 0 Å². The van der Waals surface area contributed by atoms with Crippen LogP contribution >= 0.6 is 0 Å². The van der Waals surface area contributed by atoms with Gasteiger partial charge in [-0.3, -0.25) is 10.1 Å². The largest absolute Gasteiger partial charge is 0.454 e. The lowest BCUT2D eigenvalue weighted by molar-refractivity contribution is -0.129. The molecule has 0 atom stereocenters. The molecule has 1 aromatic rings. The first-order valence-corrected chi connectivity index (χ1v) is 6.98. The fraction of sp³-hybridized carbons (Fsp3) is 0.438. The van der Waals surface area contributed by atoms with Crippen molar-refractivity contribution in [2.24, 2.45) is 5.41 Å². The summed E-state index contributed by atoms with van der Waals surface area (Å²) in [5.41, 5.74) is 0.255. The Hall–Kier alpha value is -2.37. The molecule has 0 aliphatic carbocycles. The molecule has 22 heavy (non-hydrogen) atoms. The molecule has 1 N–H and O–H groups in total. The predicted octanol–water partition coefficient (Wildman–Crippen LogP) is 3.03. The van der Waals surface area contributed by atoms with E-state index in [4.69, 9.17) is 9.47 Å². The van der Waals surface area contributed by atoms with Crippen molar-refractivity contribution in [3.05, 3.63) is 29.8 Å². The van der Waals surface area contributed by atoms with Gasteiger partial charge >= 0.3 is 12.1 Å². The average molecular weight is 307 g/mol. The number of ketones is 1. The fourth-order valence-electron chi connectivity index (χ4n) is 1.41. The topological polar surface area (TPSA) is 81.7 Å². The van der Waals surface area contributed by atoms with Gasteiger partial charge in [0.05, 0.1) is 12.2 Å². The van der Waals surface area contributed by atoms with E-state index in [-0.39, 0.29) is 19.0 Å². The molecule has 0 heterocycles. The van der Waals surface area contributed by atoms with Gasteiger partial charge in [-0.1, -0.05) is 20.8 Å². The van der Waals surface area contributed by atoms with Crippen LogP contribution in [0.2, 0.25) is 0 Å². The summed E-state index contributed by atoms with van der Waals surface area (Å²) in [6, 6.07) is 6.12. The lowest BCUT2D eigenvalue weighted by Crippen LogP contribution is -2.26. The maximum absolute atomic E-state index is 11.8. The summed E-state index contributed by atoms with van der Waals surface area (Å²) in [6.45, 7) is 7.01. The van der Waals surface area contributed by atoms with Gasteiger partial charge in [0, 0.05) is 11.1 Å². The quantitative estimate of drug-likeness (QED) is 0.846. The van der Waals surface area contributed by atoms with E-state index in [0.29, 0.717) is 11.3 Å². The molecule has 0 spiro atoms. The number of carbonyl (C=O) groups is 3. The summed E-state index contributed by atoms with van der Waals surface area (Å²) in [5.74, 6) is -0.735. The van der Waals surface area contributed by atoms with Crippen LogP contribution in [-0.4, -0.2) is 31.1 Å². The van der Waals surface area contributed by atoms with Crippen LogP contribution in [0.4, 0.5) is 10.5 Å². The molecule has 0 saturated carbocycles. The summed E-state index contributed by atoms with van der Waals surface area (Å²) >= 11 is 0. The fourth-order valence-corrected chi connectivity index (χ4v) is 1.41. The zero-order chi connectivity index (χ0) is 16.8. The van der Waals surface area contributed by atoms with Crippen molar-refractivity contribution in [2.75, 3.05) is 18.5 Å². The molecule has 1 rings (SSSR count). The van der Waals surface area contributed by atoms with Crippen molar-refractivity contribution in [1.82, 2.24) is 0 Å². The Bertz CT molecular complexity index is 543. The minimum atomic E-state index is -0.583. The number of rotatable bonds is 5. The van der Waals surface area contributed by atoms with Gasteiger partial charge in [0.15, 0.2) is 12.4 Å². The number of amides is 1. The number of ether oxygens (including phenoxy) is 2. The molecule has 6 nitrogen and oxygen atoms in total. The van der Waals surface area contributed by atoms with Crippen LogP contribution < -0.4 is 5.32 Å². The monoisotopic (exact) mass is 307 g/mol. The van der Waals surface area contributed by atoms with E-state index < -0.39 is 17.5 Å². The third-order valence-corrected chi connectivity index (χ3v) is 2.81. The van der Waals surface area contributed by atoms with Gasteiger partial charge in [0.2, 0.25) is 0 Å². The average Bonchev–Trinajstić information content (AvgIpc) is 2.44. The Morgan fingerprint density at radius 3 is 2.14 bits per heavy atom. The molecule has 0 aliphatic rings. The van der Waals surface area contributed by atoms with E-state index in [1.165, 1.54) is 12.1 Å². The maximum atomic E-state index is 11.8. The van der Waals surface area contributed by atoms with E-state index in [1.807, 2.05) is 0 Å². The van der Waals surface area contributed by atoms with Crippen molar-refractivity contribution < 1.29 is 23.9 Å². The Labute approximate surface area is 129 Å². The summed E-state index contributed by atoms with van der Waals surface area (Å²) in [5, 5.41) is 2.51. The van der Waals surface area contributed by atoms with Crippen molar-refractivity contribution in [2.45, 2.75) is 27.7 Å². The molecule has 6 heteroatoms. The first-order chi connectivity index (χ1) is 10.2. The molecule has 1 amide bonds. The molecule has 0 aromatic heterocycles. The molecule has 0 saturated heterocycles. The Morgan fingerprint density at radius 2 is 1.64 bits per heavy atom. The summed E-state index contributed by atoms with van der Waals surface area (Å²) in [6.07, 6.45) is -0.561. The molecular formula is C16H21NO5. The second kappa shape index (κ2) is 7.59.